The summed E-state index contributed by atoms with van der Waals surface area (Å²) in [5.41, 5.74) is 2.36. The van der Waals surface area contributed by atoms with Crippen LogP contribution in [0.3, 0.4) is 0 Å². The molecule has 1 saturated heterocycles. The summed E-state index contributed by atoms with van der Waals surface area (Å²) in [5.74, 6) is 3.49. The fraction of sp³-hybridized carbons (Fsp3) is 0.375. The first kappa shape index (κ1) is 24.8. The SMILES string of the molecule is CCOc1ccc(Oc2cc(CNC(=NC)N3CCC(c4cnn(C)c4)C3)ccn2)cc1.I. The van der Waals surface area contributed by atoms with Gasteiger partial charge in [0.15, 0.2) is 5.96 Å². The molecule has 0 bridgehead atoms. The molecule has 4 rings (SSSR count). The molecular weight excluding hydrogens is 531 g/mol. The molecule has 1 aromatic carbocycles. The number of likely N-dealkylation sites (tertiary alicyclic amines) is 1. The highest BCUT2D eigenvalue weighted by Crippen LogP contribution is 2.27. The molecule has 0 amide bonds. The fourth-order valence-corrected chi connectivity index (χ4v) is 3.90. The molecule has 0 aliphatic carbocycles. The molecule has 33 heavy (non-hydrogen) atoms. The van der Waals surface area contributed by atoms with Crippen molar-refractivity contribution in [2.45, 2.75) is 25.8 Å². The summed E-state index contributed by atoms with van der Waals surface area (Å²) < 4.78 is 13.2. The zero-order valence-electron chi connectivity index (χ0n) is 19.3. The number of guanidine groups is 1. The number of ether oxygens (including phenoxy) is 2. The molecule has 0 spiro atoms. The van der Waals surface area contributed by atoms with Gasteiger partial charge in [-0.15, -0.1) is 24.0 Å². The van der Waals surface area contributed by atoms with Crippen molar-refractivity contribution in [3.63, 3.8) is 0 Å². The van der Waals surface area contributed by atoms with Crippen LogP contribution in [0.4, 0.5) is 0 Å². The second kappa shape index (κ2) is 11.9. The zero-order chi connectivity index (χ0) is 22.3. The molecule has 3 aromatic rings. The number of halogens is 1. The lowest BCUT2D eigenvalue weighted by Gasteiger charge is -2.21. The van der Waals surface area contributed by atoms with Gasteiger partial charge in [-0.3, -0.25) is 9.67 Å². The highest BCUT2D eigenvalue weighted by atomic mass is 127. The Morgan fingerprint density at radius 2 is 2.00 bits per heavy atom. The quantitative estimate of drug-likeness (QED) is 0.265. The Hall–Kier alpha value is -2.82. The largest absolute Gasteiger partial charge is 0.494 e. The molecule has 2 aromatic heterocycles. The van der Waals surface area contributed by atoms with Crippen molar-refractivity contribution in [1.29, 1.82) is 0 Å². The van der Waals surface area contributed by atoms with Crippen LogP contribution < -0.4 is 14.8 Å². The van der Waals surface area contributed by atoms with E-state index in [9.17, 15) is 0 Å². The van der Waals surface area contributed by atoms with Crippen molar-refractivity contribution in [3.8, 4) is 17.4 Å². The van der Waals surface area contributed by atoms with E-state index in [1.54, 1.807) is 6.20 Å². The van der Waals surface area contributed by atoms with Crippen molar-refractivity contribution in [3.05, 3.63) is 66.1 Å². The minimum atomic E-state index is 0. The Morgan fingerprint density at radius 1 is 1.21 bits per heavy atom. The maximum absolute atomic E-state index is 5.91. The molecule has 0 radical (unpaired) electrons. The van der Waals surface area contributed by atoms with E-state index in [1.807, 2.05) is 68.3 Å². The highest BCUT2D eigenvalue weighted by Gasteiger charge is 2.26. The van der Waals surface area contributed by atoms with Crippen molar-refractivity contribution >= 4 is 29.9 Å². The Labute approximate surface area is 212 Å². The van der Waals surface area contributed by atoms with E-state index in [-0.39, 0.29) is 24.0 Å². The van der Waals surface area contributed by atoms with Crippen LogP contribution in [0.1, 0.15) is 30.4 Å². The van der Waals surface area contributed by atoms with Crippen LogP contribution in [-0.4, -0.2) is 52.4 Å². The summed E-state index contributed by atoms with van der Waals surface area (Å²) in [6.45, 7) is 5.16. The summed E-state index contributed by atoms with van der Waals surface area (Å²) in [4.78, 5) is 11.1. The standard InChI is InChI=1S/C24H30N6O2.HI/c1-4-31-21-5-7-22(8-6-21)32-23-13-18(9-11-26-23)14-27-24(25-2)30-12-10-19(17-30)20-15-28-29(3)16-20;/h5-9,11,13,15-16,19H,4,10,12,14,17H2,1-3H3,(H,25,27);1H. The van der Waals surface area contributed by atoms with Gasteiger partial charge in [0.1, 0.15) is 11.5 Å². The minimum absolute atomic E-state index is 0. The van der Waals surface area contributed by atoms with Gasteiger partial charge in [-0.1, -0.05) is 0 Å². The first-order valence-electron chi connectivity index (χ1n) is 10.9. The molecule has 8 nitrogen and oxygen atoms in total. The van der Waals surface area contributed by atoms with Crippen LogP contribution in [0.2, 0.25) is 0 Å². The summed E-state index contributed by atoms with van der Waals surface area (Å²) in [6.07, 6.45) is 6.93. The van der Waals surface area contributed by atoms with Gasteiger partial charge in [-0.2, -0.15) is 5.10 Å². The van der Waals surface area contributed by atoms with E-state index >= 15 is 0 Å². The summed E-state index contributed by atoms with van der Waals surface area (Å²) >= 11 is 0. The fourth-order valence-electron chi connectivity index (χ4n) is 3.90. The molecule has 1 atom stereocenters. The number of rotatable bonds is 7. The lowest BCUT2D eigenvalue weighted by Crippen LogP contribution is -2.39. The Bertz CT molecular complexity index is 1050. The maximum Gasteiger partial charge on any atom is 0.219 e. The second-order valence-electron chi connectivity index (χ2n) is 7.79. The van der Waals surface area contributed by atoms with Gasteiger partial charge in [-0.25, -0.2) is 4.98 Å². The normalized spacial score (nSPS) is 15.8. The van der Waals surface area contributed by atoms with Gasteiger partial charge < -0.3 is 19.7 Å². The maximum atomic E-state index is 5.91. The lowest BCUT2D eigenvalue weighted by atomic mass is 10.0. The third-order valence-corrected chi connectivity index (χ3v) is 5.50. The number of aryl methyl sites for hydroxylation is 1. The first-order chi connectivity index (χ1) is 15.6. The van der Waals surface area contributed by atoms with E-state index in [2.05, 4.69) is 31.5 Å². The molecule has 3 heterocycles. The molecular formula is C24H31IN6O2. The van der Waals surface area contributed by atoms with Crippen LogP contribution in [0.25, 0.3) is 0 Å². The number of aliphatic imine (C=N–C) groups is 1. The number of nitrogens with one attached hydrogen (secondary N) is 1. The molecule has 1 aliphatic heterocycles. The van der Waals surface area contributed by atoms with Gasteiger partial charge in [0.05, 0.1) is 12.8 Å². The van der Waals surface area contributed by atoms with Crippen molar-refractivity contribution in [2.24, 2.45) is 12.0 Å². The first-order valence-corrected chi connectivity index (χ1v) is 10.9. The summed E-state index contributed by atoms with van der Waals surface area (Å²) in [5, 5.41) is 7.78. The van der Waals surface area contributed by atoms with E-state index < -0.39 is 0 Å². The van der Waals surface area contributed by atoms with Crippen LogP contribution in [-0.2, 0) is 13.6 Å². The van der Waals surface area contributed by atoms with Gasteiger partial charge >= 0.3 is 0 Å². The number of pyridine rings is 1. The van der Waals surface area contributed by atoms with Gasteiger partial charge in [-0.05, 0) is 54.8 Å². The van der Waals surface area contributed by atoms with Gasteiger partial charge in [0.2, 0.25) is 5.88 Å². The van der Waals surface area contributed by atoms with Crippen molar-refractivity contribution in [1.82, 2.24) is 25.0 Å². The van der Waals surface area contributed by atoms with Crippen LogP contribution >= 0.6 is 24.0 Å². The molecule has 0 saturated carbocycles. The van der Waals surface area contributed by atoms with Crippen molar-refractivity contribution in [2.75, 3.05) is 26.7 Å². The van der Waals surface area contributed by atoms with E-state index in [1.165, 1.54) is 5.56 Å². The minimum Gasteiger partial charge on any atom is -0.494 e. The molecule has 176 valence electrons. The topological polar surface area (TPSA) is 76.8 Å². The van der Waals surface area contributed by atoms with Crippen LogP contribution in [0.15, 0.2) is 60.0 Å². The highest BCUT2D eigenvalue weighted by molar-refractivity contribution is 14.0. The molecule has 1 fully saturated rings. The second-order valence-corrected chi connectivity index (χ2v) is 7.79. The molecule has 1 unspecified atom stereocenters. The van der Waals surface area contributed by atoms with E-state index in [4.69, 9.17) is 9.47 Å². The Kier molecular flexibility index (Phi) is 8.93. The van der Waals surface area contributed by atoms with Gasteiger partial charge in [0.25, 0.3) is 0 Å². The van der Waals surface area contributed by atoms with Crippen molar-refractivity contribution < 1.29 is 9.47 Å². The molecule has 1 N–H and O–H groups in total. The average Bonchev–Trinajstić information content (AvgIpc) is 3.45. The monoisotopic (exact) mass is 562 g/mol. The Balaban J connectivity index is 0.00000306. The number of hydrogen-bond acceptors (Lipinski definition) is 5. The average molecular weight is 562 g/mol. The predicted molar refractivity (Wildman–Crippen MR) is 140 cm³/mol. The van der Waals surface area contributed by atoms with E-state index in [0.29, 0.717) is 24.9 Å². The zero-order valence-corrected chi connectivity index (χ0v) is 21.6. The van der Waals surface area contributed by atoms with Crippen LogP contribution in [0, 0.1) is 0 Å². The number of aromatic nitrogens is 3. The lowest BCUT2D eigenvalue weighted by molar-refractivity contribution is 0.339. The summed E-state index contributed by atoms with van der Waals surface area (Å²) in [7, 11) is 3.78. The number of nitrogens with zero attached hydrogens (tertiary/aromatic N) is 5. The van der Waals surface area contributed by atoms with Crippen LogP contribution in [0.5, 0.6) is 17.4 Å². The third kappa shape index (κ3) is 6.59. The third-order valence-electron chi connectivity index (χ3n) is 5.50. The predicted octanol–water partition coefficient (Wildman–Crippen LogP) is 4.19. The van der Waals surface area contributed by atoms with Gasteiger partial charge in [0, 0.05) is 58.1 Å². The number of benzene rings is 1. The Morgan fingerprint density at radius 3 is 2.70 bits per heavy atom. The smallest absolute Gasteiger partial charge is 0.219 e. The number of hydrogen-bond donors (Lipinski definition) is 1. The van der Waals surface area contributed by atoms with E-state index in [0.717, 1.165) is 42.5 Å². The molecule has 9 heteroatoms. The molecule has 1 aliphatic rings. The summed E-state index contributed by atoms with van der Waals surface area (Å²) in [6, 6.07) is 11.5.